The number of hydrogen-bond donors (Lipinski definition) is 0. The van der Waals surface area contributed by atoms with E-state index >= 15 is 0 Å². The number of nitrogens with zero attached hydrogens (tertiary/aromatic N) is 1. The minimum atomic E-state index is 0.570. The molecule has 0 atom stereocenters. The van der Waals surface area contributed by atoms with Crippen LogP contribution in [0, 0.1) is 11.3 Å². The number of ether oxygens (including phenoxy) is 1. The molecular formula is C10H10BrNOS. The van der Waals surface area contributed by atoms with Crippen LogP contribution in [-0.4, -0.2) is 18.6 Å². The van der Waals surface area contributed by atoms with E-state index < -0.39 is 0 Å². The largest absolute Gasteiger partial charge is 0.491 e. The Kier molecular flexibility index (Phi) is 4.85. The Morgan fingerprint density at radius 1 is 1.57 bits per heavy atom. The van der Waals surface area contributed by atoms with Gasteiger partial charge in [0.1, 0.15) is 11.8 Å². The van der Waals surface area contributed by atoms with Crippen molar-refractivity contribution in [1.82, 2.24) is 0 Å². The first-order valence-corrected chi connectivity index (χ1v) is 6.28. The molecule has 1 rings (SSSR count). The fourth-order valence-corrected chi connectivity index (χ4v) is 1.56. The van der Waals surface area contributed by atoms with Crippen molar-refractivity contribution < 1.29 is 4.74 Å². The lowest BCUT2D eigenvalue weighted by Crippen LogP contribution is -2.01. The Labute approximate surface area is 96.4 Å². The summed E-state index contributed by atoms with van der Waals surface area (Å²) in [4.78, 5) is 0. The van der Waals surface area contributed by atoms with Crippen molar-refractivity contribution in [3.8, 4) is 11.8 Å². The van der Waals surface area contributed by atoms with Gasteiger partial charge in [0.15, 0.2) is 0 Å². The van der Waals surface area contributed by atoms with Crippen LogP contribution in [0.3, 0.4) is 0 Å². The van der Waals surface area contributed by atoms with E-state index in [1.54, 1.807) is 17.8 Å². The maximum atomic E-state index is 8.84. The molecule has 2 nitrogen and oxygen atoms in total. The third-order valence-electron chi connectivity index (χ3n) is 1.61. The maximum absolute atomic E-state index is 8.84. The van der Waals surface area contributed by atoms with Crippen molar-refractivity contribution >= 4 is 27.7 Å². The van der Waals surface area contributed by atoms with Gasteiger partial charge >= 0.3 is 0 Å². The monoisotopic (exact) mass is 271 g/mol. The van der Waals surface area contributed by atoms with Crippen LogP contribution >= 0.6 is 27.7 Å². The van der Waals surface area contributed by atoms with E-state index in [-0.39, 0.29) is 0 Å². The molecule has 0 fully saturated rings. The predicted molar refractivity (Wildman–Crippen MR) is 62.7 cm³/mol. The van der Waals surface area contributed by atoms with Gasteiger partial charge in [-0.3, -0.25) is 0 Å². The molecule has 0 amide bonds. The van der Waals surface area contributed by atoms with Gasteiger partial charge in [0.05, 0.1) is 12.2 Å². The molecule has 0 aromatic heterocycles. The molecular weight excluding hydrogens is 262 g/mol. The summed E-state index contributed by atoms with van der Waals surface area (Å²) in [5.41, 5.74) is 0.570. The fraction of sp³-hybridized carbons (Fsp3) is 0.300. The molecule has 0 saturated carbocycles. The van der Waals surface area contributed by atoms with Crippen LogP contribution in [-0.2, 0) is 0 Å². The highest BCUT2D eigenvalue weighted by atomic mass is 79.9. The van der Waals surface area contributed by atoms with E-state index in [0.29, 0.717) is 17.9 Å². The molecule has 1 aromatic carbocycles. The second-order valence-corrected chi connectivity index (χ2v) is 4.49. The normalized spacial score (nSPS) is 9.50. The highest BCUT2D eigenvalue weighted by molar-refractivity contribution is 9.10. The first-order valence-electron chi connectivity index (χ1n) is 4.09. The van der Waals surface area contributed by atoms with E-state index in [4.69, 9.17) is 10.00 Å². The third kappa shape index (κ3) is 3.24. The highest BCUT2D eigenvalue weighted by Crippen LogP contribution is 2.22. The third-order valence-corrected chi connectivity index (χ3v) is 2.68. The van der Waals surface area contributed by atoms with Crippen LogP contribution in [0.2, 0.25) is 0 Å². The molecule has 0 aliphatic carbocycles. The molecule has 0 aliphatic heterocycles. The van der Waals surface area contributed by atoms with Gasteiger partial charge in [-0.05, 0) is 24.5 Å². The topological polar surface area (TPSA) is 33.0 Å². The minimum Gasteiger partial charge on any atom is -0.491 e. The zero-order valence-electron chi connectivity index (χ0n) is 7.79. The molecule has 0 aliphatic rings. The Morgan fingerprint density at radius 3 is 3.00 bits per heavy atom. The fourth-order valence-electron chi connectivity index (χ4n) is 0.950. The van der Waals surface area contributed by atoms with Gasteiger partial charge in [-0.25, -0.2) is 0 Å². The van der Waals surface area contributed by atoms with Gasteiger partial charge in [0.2, 0.25) is 0 Å². The van der Waals surface area contributed by atoms with Crippen LogP contribution in [0.4, 0.5) is 0 Å². The van der Waals surface area contributed by atoms with Gasteiger partial charge < -0.3 is 4.74 Å². The van der Waals surface area contributed by atoms with Crippen molar-refractivity contribution in [2.45, 2.75) is 0 Å². The smallest absolute Gasteiger partial charge is 0.137 e. The number of benzene rings is 1. The summed E-state index contributed by atoms with van der Waals surface area (Å²) in [6, 6.07) is 7.54. The van der Waals surface area contributed by atoms with Gasteiger partial charge in [-0.1, -0.05) is 15.9 Å². The van der Waals surface area contributed by atoms with Gasteiger partial charge in [-0.15, -0.1) is 0 Å². The second-order valence-electron chi connectivity index (χ2n) is 2.59. The number of halogens is 1. The Morgan fingerprint density at radius 2 is 2.36 bits per heavy atom. The number of hydrogen-bond acceptors (Lipinski definition) is 3. The van der Waals surface area contributed by atoms with Gasteiger partial charge in [-0.2, -0.15) is 17.0 Å². The average molecular weight is 272 g/mol. The van der Waals surface area contributed by atoms with Crippen LogP contribution in [0.15, 0.2) is 22.7 Å². The molecule has 0 heterocycles. The van der Waals surface area contributed by atoms with E-state index in [9.17, 15) is 0 Å². The lowest BCUT2D eigenvalue weighted by Gasteiger charge is -2.06. The van der Waals surface area contributed by atoms with Gasteiger partial charge in [0.25, 0.3) is 0 Å². The van der Waals surface area contributed by atoms with Crippen LogP contribution in [0.5, 0.6) is 5.75 Å². The predicted octanol–water partition coefficient (Wildman–Crippen LogP) is 3.06. The zero-order valence-corrected chi connectivity index (χ0v) is 10.2. The number of rotatable bonds is 4. The number of nitriles is 1. The Bertz CT molecular complexity index is 348. The summed E-state index contributed by atoms with van der Waals surface area (Å²) in [6.07, 6.45) is 2.02. The summed E-state index contributed by atoms with van der Waals surface area (Å²) in [5.74, 6) is 1.59. The lowest BCUT2D eigenvalue weighted by molar-refractivity contribution is 0.343. The standard InChI is InChI=1S/C10H10BrNOS/c1-14-5-4-13-10-3-2-9(11)6-8(10)7-12/h2-3,6H,4-5H2,1H3. The van der Waals surface area contributed by atoms with Crippen molar-refractivity contribution in [2.75, 3.05) is 18.6 Å². The molecule has 14 heavy (non-hydrogen) atoms. The van der Waals surface area contributed by atoms with Gasteiger partial charge in [0, 0.05) is 10.2 Å². The first kappa shape index (κ1) is 11.4. The summed E-state index contributed by atoms with van der Waals surface area (Å²) in [6.45, 7) is 0.636. The zero-order chi connectivity index (χ0) is 10.4. The lowest BCUT2D eigenvalue weighted by atomic mass is 10.2. The van der Waals surface area contributed by atoms with E-state index in [2.05, 4.69) is 22.0 Å². The maximum Gasteiger partial charge on any atom is 0.137 e. The molecule has 0 radical (unpaired) electrons. The molecule has 74 valence electrons. The van der Waals surface area contributed by atoms with E-state index in [1.165, 1.54) is 0 Å². The van der Waals surface area contributed by atoms with Crippen molar-refractivity contribution in [3.05, 3.63) is 28.2 Å². The summed E-state index contributed by atoms with van der Waals surface area (Å²) in [7, 11) is 0. The van der Waals surface area contributed by atoms with Crippen molar-refractivity contribution in [2.24, 2.45) is 0 Å². The SMILES string of the molecule is CSCCOc1ccc(Br)cc1C#N. The Balaban J connectivity index is 2.72. The second kappa shape index (κ2) is 5.94. The quantitative estimate of drug-likeness (QED) is 0.790. The molecule has 0 unspecified atom stereocenters. The van der Waals surface area contributed by atoms with Crippen molar-refractivity contribution in [3.63, 3.8) is 0 Å². The summed E-state index contributed by atoms with van der Waals surface area (Å²) >= 11 is 5.03. The molecule has 0 saturated heterocycles. The highest BCUT2D eigenvalue weighted by Gasteiger charge is 2.02. The minimum absolute atomic E-state index is 0.570. The molecule has 0 N–H and O–H groups in total. The van der Waals surface area contributed by atoms with Crippen molar-refractivity contribution in [1.29, 1.82) is 5.26 Å². The van der Waals surface area contributed by atoms with Crippen LogP contribution in [0.25, 0.3) is 0 Å². The first-order chi connectivity index (χ1) is 6.77. The molecule has 4 heteroatoms. The molecule has 0 bridgehead atoms. The molecule has 0 spiro atoms. The Hall–Kier alpha value is -0.660. The summed E-state index contributed by atoms with van der Waals surface area (Å²) in [5, 5.41) is 8.84. The molecule has 1 aromatic rings. The van der Waals surface area contributed by atoms with Crippen LogP contribution < -0.4 is 4.74 Å². The van der Waals surface area contributed by atoms with E-state index in [1.807, 2.05) is 18.4 Å². The average Bonchev–Trinajstić information content (AvgIpc) is 2.20. The number of thioether (sulfide) groups is 1. The van der Waals surface area contributed by atoms with E-state index in [0.717, 1.165) is 10.2 Å². The van der Waals surface area contributed by atoms with Crippen LogP contribution in [0.1, 0.15) is 5.56 Å². The summed E-state index contributed by atoms with van der Waals surface area (Å²) < 4.78 is 6.35.